The van der Waals surface area contributed by atoms with Crippen molar-refractivity contribution in [2.45, 2.75) is 5.92 Å². The molecule has 0 spiro atoms. The van der Waals surface area contributed by atoms with Gasteiger partial charge < -0.3 is 4.42 Å². The van der Waals surface area contributed by atoms with Gasteiger partial charge in [-0.1, -0.05) is 152 Å². The van der Waals surface area contributed by atoms with E-state index < -0.39 is 0 Å². The van der Waals surface area contributed by atoms with E-state index in [0.29, 0.717) is 11.5 Å². The average molecular weight is 634 g/mol. The molecule has 0 N–H and O–H groups in total. The maximum Gasteiger partial charge on any atom is 0.172 e. The van der Waals surface area contributed by atoms with Gasteiger partial charge in [0.25, 0.3) is 0 Å². The van der Waals surface area contributed by atoms with Gasteiger partial charge in [-0.2, -0.15) is 0 Å². The second-order valence-electron chi connectivity index (χ2n) is 12.2. The van der Waals surface area contributed by atoms with E-state index in [1.165, 1.54) is 38.2 Å². The molecular formula is C45H28ClNO. The predicted octanol–water partition coefficient (Wildman–Crippen LogP) is 12.1. The predicted molar refractivity (Wildman–Crippen MR) is 202 cm³/mol. The van der Waals surface area contributed by atoms with Crippen molar-refractivity contribution in [2.24, 2.45) is 4.99 Å². The molecule has 3 heteroatoms. The zero-order chi connectivity index (χ0) is 32.4. The van der Waals surface area contributed by atoms with Crippen molar-refractivity contribution in [3.8, 4) is 0 Å². The van der Waals surface area contributed by atoms with Crippen molar-refractivity contribution >= 4 is 67.0 Å². The molecule has 1 aliphatic heterocycles. The number of nitrogens with zero attached hydrogens (tertiary/aromatic N) is 1. The molecule has 226 valence electrons. The molecule has 0 radical (unpaired) electrons. The van der Waals surface area contributed by atoms with Gasteiger partial charge in [0.15, 0.2) is 10.9 Å². The fourth-order valence-electron chi connectivity index (χ4n) is 7.55. The third kappa shape index (κ3) is 4.32. The Morgan fingerprint density at radius 1 is 0.708 bits per heavy atom. The smallest absolute Gasteiger partial charge is 0.172 e. The summed E-state index contributed by atoms with van der Waals surface area (Å²) in [7, 11) is 0. The van der Waals surface area contributed by atoms with Crippen LogP contribution in [0.5, 0.6) is 0 Å². The molecule has 48 heavy (non-hydrogen) atoms. The minimum atomic E-state index is -0.0477. The van der Waals surface area contributed by atoms with Crippen LogP contribution in [0.2, 0.25) is 0 Å². The molecule has 0 bridgehead atoms. The Hall–Kier alpha value is -5.92. The van der Waals surface area contributed by atoms with Crippen LogP contribution in [0.25, 0.3) is 49.7 Å². The van der Waals surface area contributed by atoms with Crippen molar-refractivity contribution in [3.05, 3.63) is 202 Å². The van der Waals surface area contributed by atoms with Crippen LogP contribution in [-0.2, 0) is 0 Å². The van der Waals surface area contributed by atoms with Crippen LogP contribution in [0.4, 0.5) is 0 Å². The first-order chi connectivity index (χ1) is 23.6. The molecule has 2 nitrogen and oxygen atoms in total. The Labute approximate surface area is 283 Å². The molecule has 1 aliphatic carbocycles. The number of furan rings is 1. The van der Waals surface area contributed by atoms with Gasteiger partial charge in [0.1, 0.15) is 11.3 Å². The van der Waals surface area contributed by atoms with E-state index in [9.17, 15) is 0 Å². The van der Waals surface area contributed by atoms with E-state index in [-0.39, 0.29) is 11.1 Å². The number of rotatable bonds is 4. The summed E-state index contributed by atoms with van der Waals surface area (Å²) in [6, 6.07) is 44.8. The van der Waals surface area contributed by atoms with Crippen molar-refractivity contribution in [1.29, 1.82) is 0 Å². The SMILES string of the molecule is C=CC1=C(c2ccc(C3=NC(Cl)=C=Cc4c3oc3ccccc43)cc2)C(=C)C(c2cc3ccccc3c3ccccc23)c2ccccc21. The van der Waals surface area contributed by atoms with E-state index in [2.05, 4.69) is 115 Å². The summed E-state index contributed by atoms with van der Waals surface area (Å²) in [6.45, 7) is 9.10. The fraction of sp³-hybridized carbons (Fsp3) is 0.0222. The number of fused-ring (bicyclic) bond motifs is 7. The summed E-state index contributed by atoms with van der Waals surface area (Å²) >= 11 is 6.49. The summed E-state index contributed by atoms with van der Waals surface area (Å²) in [5.41, 5.74) is 14.3. The van der Waals surface area contributed by atoms with Gasteiger partial charge in [0.05, 0.1) is 0 Å². The summed E-state index contributed by atoms with van der Waals surface area (Å²) in [5, 5.41) is 6.24. The highest BCUT2D eigenvalue weighted by atomic mass is 35.5. The third-order valence-corrected chi connectivity index (χ3v) is 9.85. The summed E-state index contributed by atoms with van der Waals surface area (Å²) in [4.78, 5) is 4.72. The van der Waals surface area contributed by atoms with Crippen LogP contribution in [-0.4, -0.2) is 5.71 Å². The van der Waals surface area contributed by atoms with E-state index >= 15 is 0 Å². The lowest BCUT2D eigenvalue weighted by Crippen LogP contribution is -2.15. The first-order valence-corrected chi connectivity index (χ1v) is 16.4. The fourth-order valence-corrected chi connectivity index (χ4v) is 7.69. The van der Waals surface area contributed by atoms with Gasteiger partial charge in [0, 0.05) is 22.4 Å². The number of hydrogen-bond acceptors (Lipinski definition) is 2. The van der Waals surface area contributed by atoms with Gasteiger partial charge in [-0.3, -0.25) is 0 Å². The number of para-hydroxylation sites is 1. The molecule has 1 unspecified atom stereocenters. The van der Waals surface area contributed by atoms with Crippen LogP contribution in [0.3, 0.4) is 0 Å². The lowest BCUT2D eigenvalue weighted by Gasteiger charge is -2.33. The van der Waals surface area contributed by atoms with Crippen LogP contribution >= 0.6 is 11.6 Å². The van der Waals surface area contributed by atoms with Crippen LogP contribution < -0.4 is 0 Å². The largest absolute Gasteiger partial charge is 0.454 e. The van der Waals surface area contributed by atoms with Crippen LogP contribution in [0, 0.1) is 0 Å². The summed E-state index contributed by atoms with van der Waals surface area (Å²) in [6.07, 6.45) is 3.82. The number of halogens is 1. The Bertz CT molecular complexity index is 2640. The molecule has 1 atom stereocenters. The topological polar surface area (TPSA) is 25.5 Å². The molecular weight excluding hydrogens is 606 g/mol. The number of hydrogen-bond donors (Lipinski definition) is 0. The Morgan fingerprint density at radius 2 is 1.38 bits per heavy atom. The first-order valence-electron chi connectivity index (χ1n) is 16.0. The molecule has 7 aromatic rings. The number of benzene rings is 6. The molecule has 0 saturated heterocycles. The summed E-state index contributed by atoms with van der Waals surface area (Å²) in [5.74, 6) is 0.630. The Morgan fingerprint density at radius 3 is 2.19 bits per heavy atom. The first kappa shape index (κ1) is 28.3. The highest BCUT2D eigenvalue weighted by molar-refractivity contribution is 6.31. The molecule has 0 fully saturated rings. The minimum absolute atomic E-state index is 0.0477. The molecule has 2 aliphatic rings. The monoisotopic (exact) mass is 633 g/mol. The quantitative estimate of drug-likeness (QED) is 0.108. The van der Waals surface area contributed by atoms with E-state index in [1.54, 1.807) is 0 Å². The van der Waals surface area contributed by atoms with Crippen LogP contribution in [0.15, 0.2) is 172 Å². The lowest BCUT2D eigenvalue weighted by molar-refractivity contribution is 0.604. The minimum Gasteiger partial charge on any atom is -0.454 e. The molecule has 6 aromatic carbocycles. The zero-order valence-electron chi connectivity index (χ0n) is 26.0. The lowest BCUT2D eigenvalue weighted by atomic mass is 9.70. The number of allylic oxidation sites excluding steroid dienone is 4. The maximum atomic E-state index is 6.49. The van der Waals surface area contributed by atoms with Crippen LogP contribution in [0.1, 0.15) is 45.1 Å². The average Bonchev–Trinajstić information content (AvgIpc) is 3.42. The standard InChI is InChI=1S/C45H28ClNO/c1-3-31-33-14-8-9-18-37(33)43(39-26-30-12-4-5-13-32(30)34-15-6-7-16-35(34)39)27(2)42(31)28-20-22-29(23-21-28)44-45-38(24-25-41(46)47-44)36-17-10-11-19-40(36)48-45/h3-24,26,43H,1-2H2. The van der Waals surface area contributed by atoms with Gasteiger partial charge in [-0.25, -0.2) is 4.99 Å². The second kappa shape index (κ2) is 11.1. The molecule has 1 aromatic heterocycles. The van der Waals surface area contributed by atoms with Crippen molar-refractivity contribution < 1.29 is 4.42 Å². The molecule has 2 heterocycles. The van der Waals surface area contributed by atoms with E-state index in [0.717, 1.165) is 44.4 Å². The highest BCUT2D eigenvalue weighted by Crippen LogP contribution is 2.51. The highest BCUT2D eigenvalue weighted by Gasteiger charge is 2.32. The van der Waals surface area contributed by atoms with Gasteiger partial charge in [-0.05, 0) is 78.7 Å². The van der Waals surface area contributed by atoms with E-state index in [4.69, 9.17) is 27.6 Å². The van der Waals surface area contributed by atoms with Gasteiger partial charge >= 0.3 is 0 Å². The molecule has 0 amide bonds. The van der Waals surface area contributed by atoms with Crippen molar-refractivity contribution in [1.82, 2.24) is 0 Å². The summed E-state index contributed by atoms with van der Waals surface area (Å²) < 4.78 is 6.34. The maximum absolute atomic E-state index is 6.49. The van der Waals surface area contributed by atoms with Gasteiger partial charge in [0.2, 0.25) is 0 Å². The third-order valence-electron chi connectivity index (χ3n) is 9.66. The Balaban J connectivity index is 1.21. The Kier molecular flexibility index (Phi) is 6.55. The normalized spacial score (nSPS) is 15.7. The van der Waals surface area contributed by atoms with Gasteiger partial charge in [-0.15, -0.1) is 0 Å². The van der Waals surface area contributed by atoms with E-state index in [1.807, 2.05) is 36.4 Å². The second-order valence-corrected chi connectivity index (χ2v) is 12.6. The molecule has 0 saturated carbocycles. The molecule has 9 rings (SSSR count). The zero-order valence-corrected chi connectivity index (χ0v) is 26.8. The number of aliphatic imine (C=N–C) groups is 1. The van der Waals surface area contributed by atoms with Crippen molar-refractivity contribution in [3.63, 3.8) is 0 Å². The van der Waals surface area contributed by atoms with Crippen molar-refractivity contribution in [2.75, 3.05) is 0 Å².